The van der Waals surface area contributed by atoms with Gasteiger partial charge in [0.2, 0.25) is 0 Å². The van der Waals surface area contributed by atoms with E-state index in [-0.39, 0.29) is 5.91 Å². The number of nitrogens with one attached hydrogen (secondary N) is 1. The van der Waals surface area contributed by atoms with Gasteiger partial charge in [-0.25, -0.2) is 4.98 Å². The van der Waals surface area contributed by atoms with Crippen molar-refractivity contribution in [2.75, 3.05) is 19.6 Å². The van der Waals surface area contributed by atoms with Gasteiger partial charge in [0.1, 0.15) is 5.69 Å². The molecule has 5 nitrogen and oxygen atoms in total. The average Bonchev–Trinajstić information content (AvgIpc) is 2.63. The van der Waals surface area contributed by atoms with Crippen LogP contribution in [0, 0.1) is 0 Å². The highest BCUT2D eigenvalue weighted by Crippen LogP contribution is 2.06. The Labute approximate surface area is 89.1 Å². The van der Waals surface area contributed by atoms with Crippen LogP contribution in [-0.2, 0) is 7.05 Å². The number of rotatable bonds is 1. The molecule has 1 N–H and O–H groups in total. The first-order valence-electron chi connectivity index (χ1n) is 5.17. The second-order valence-corrected chi connectivity index (χ2v) is 4.00. The number of hydrogen-bond donors (Lipinski definition) is 1. The molecule has 0 radical (unpaired) electrons. The predicted octanol–water partition coefficient (Wildman–Crippen LogP) is -0.146. The van der Waals surface area contributed by atoms with Crippen LogP contribution in [0.1, 0.15) is 17.4 Å². The minimum atomic E-state index is 0.0725. The summed E-state index contributed by atoms with van der Waals surface area (Å²) >= 11 is 0. The molecule has 0 spiro atoms. The zero-order valence-corrected chi connectivity index (χ0v) is 9.10. The average molecular weight is 208 g/mol. The van der Waals surface area contributed by atoms with Gasteiger partial charge in [-0.1, -0.05) is 0 Å². The molecular weight excluding hydrogens is 192 g/mol. The summed E-state index contributed by atoms with van der Waals surface area (Å²) in [4.78, 5) is 17.9. The summed E-state index contributed by atoms with van der Waals surface area (Å²) in [5.41, 5.74) is 0.657. The lowest BCUT2D eigenvalue weighted by Crippen LogP contribution is -2.51. The first-order chi connectivity index (χ1) is 7.18. The molecule has 15 heavy (non-hydrogen) atoms. The van der Waals surface area contributed by atoms with E-state index in [1.807, 2.05) is 11.9 Å². The van der Waals surface area contributed by atoms with Crippen LogP contribution < -0.4 is 5.32 Å². The van der Waals surface area contributed by atoms with Crippen molar-refractivity contribution in [2.24, 2.45) is 7.05 Å². The summed E-state index contributed by atoms with van der Waals surface area (Å²) in [6, 6.07) is 0.371. The van der Waals surface area contributed by atoms with Gasteiger partial charge in [-0.05, 0) is 6.92 Å². The Morgan fingerprint density at radius 3 is 3.07 bits per heavy atom. The number of carbonyl (C=O) groups excluding carboxylic acids is 1. The predicted molar refractivity (Wildman–Crippen MR) is 56.6 cm³/mol. The monoisotopic (exact) mass is 208 g/mol. The minimum absolute atomic E-state index is 0.0725. The number of piperazine rings is 1. The molecule has 1 atom stereocenters. The molecule has 0 bridgehead atoms. The topological polar surface area (TPSA) is 50.2 Å². The maximum absolute atomic E-state index is 12.1. The van der Waals surface area contributed by atoms with E-state index in [1.54, 1.807) is 17.1 Å². The molecule has 1 fully saturated rings. The summed E-state index contributed by atoms with van der Waals surface area (Å²) < 4.78 is 1.76. The van der Waals surface area contributed by atoms with Gasteiger partial charge in [0, 0.05) is 32.7 Å². The lowest BCUT2D eigenvalue weighted by molar-refractivity contribution is 0.0699. The van der Waals surface area contributed by atoms with Gasteiger partial charge in [0.15, 0.2) is 0 Å². The molecule has 1 aliphatic rings. The van der Waals surface area contributed by atoms with Crippen molar-refractivity contribution in [2.45, 2.75) is 13.0 Å². The highest BCUT2D eigenvalue weighted by Gasteiger charge is 2.23. The number of imidazole rings is 1. The third-order valence-electron chi connectivity index (χ3n) is 2.69. The molecule has 2 rings (SSSR count). The Kier molecular flexibility index (Phi) is 2.73. The van der Waals surface area contributed by atoms with Crippen LogP contribution >= 0.6 is 0 Å². The van der Waals surface area contributed by atoms with Crippen molar-refractivity contribution in [3.05, 3.63) is 18.2 Å². The van der Waals surface area contributed by atoms with E-state index >= 15 is 0 Å². The quantitative estimate of drug-likeness (QED) is 0.698. The van der Waals surface area contributed by atoms with Crippen LogP contribution in [0.2, 0.25) is 0 Å². The number of amides is 1. The van der Waals surface area contributed by atoms with Gasteiger partial charge in [0.25, 0.3) is 5.91 Å². The van der Waals surface area contributed by atoms with Crippen LogP contribution in [0.4, 0.5) is 0 Å². The van der Waals surface area contributed by atoms with Gasteiger partial charge >= 0.3 is 0 Å². The van der Waals surface area contributed by atoms with Crippen molar-refractivity contribution in [1.29, 1.82) is 0 Å². The molecule has 0 saturated carbocycles. The van der Waals surface area contributed by atoms with E-state index < -0.39 is 0 Å². The lowest BCUT2D eigenvalue weighted by atomic mass is 10.2. The maximum Gasteiger partial charge on any atom is 0.272 e. The Morgan fingerprint density at radius 1 is 1.67 bits per heavy atom. The standard InChI is InChI=1S/C10H16N4O/c1-8-6-14(4-3-12-8)10(15)9-5-11-7-13(9)2/h5,7-8,12H,3-4,6H2,1-2H3/t8-/m1/s1. The number of carbonyl (C=O) groups is 1. The number of hydrogen-bond acceptors (Lipinski definition) is 3. The van der Waals surface area contributed by atoms with Crippen LogP contribution in [-0.4, -0.2) is 46.0 Å². The van der Waals surface area contributed by atoms with Crippen molar-refractivity contribution < 1.29 is 4.79 Å². The highest BCUT2D eigenvalue weighted by molar-refractivity contribution is 5.92. The van der Waals surface area contributed by atoms with Crippen LogP contribution in [0.5, 0.6) is 0 Å². The molecule has 0 aromatic carbocycles. The second-order valence-electron chi connectivity index (χ2n) is 4.00. The second kappa shape index (κ2) is 4.02. The molecule has 1 aromatic heterocycles. The summed E-state index contributed by atoms with van der Waals surface area (Å²) in [5.74, 6) is 0.0725. The largest absolute Gasteiger partial charge is 0.335 e. The van der Waals surface area contributed by atoms with Crippen molar-refractivity contribution in [3.63, 3.8) is 0 Å². The van der Waals surface area contributed by atoms with Crippen LogP contribution in [0.15, 0.2) is 12.5 Å². The molecule has 0 aliphatic carbocycles. The fourth-order valence-electron chi connectivity index (χ4n) is 1.84. The summed E-state index contributed by atoms with van der Waals surface area (Å²) in [5, 5.41) is 3.31. The van der Waals surface area contributed by atoms with E-state index in [2.05, 4.69) is 17.2 Å². The van der Waals surface area contributed by atoms with Crippen LogP contribution in [0.25, 0.3) is 0 Å². The molecule has 5 heteroatoms. The van der Waals surface area contributed by atoms with Gasteiger partial charge in [-0.2, -0.15) is 0 Å². The van der Waals surface area contributed by atoms with Crippen LogP contribution in [0.3, 0.4) is 0 Å². The first kappa shape index (κ1) is 10.2. The Balaban J connectivity index is 2.11. The summed E-state index contributed by atoms with van der Waals surface area (Å²) in [7, 11) is 1.84. The third-order valence-corrected chi connectivity index (χ3v) is 2.69. The Morgan fingerprint density at radius 2 is 2.47 bits per heavy atom. The fourth-order valence-corrected chi connectivity index (χ4v) is 1.84. The smallest absolute Gasteiger partial charge is 0.272 e. The molecular formula is C10H16N4O. The van der Waals surface area contributed by atoms with Gasteiger partial charge in [-0.15, -0.1) is 0 Å². The first-order valence-corrected chi connectivity index (χ1v) is 5.17. The lowest BCUT2D eigenvalue weighted by Gasteiger charge is -2.31. The summed E-state index contributed by atoms with van der Waals surface area (Å²) in [6.45, 7) is 4.49. The third kappa shape index (κ3) is 2.02. The van der Waals surface area contributed by atoms with Gasteiger partial charge in [0.05, 0.1) is 12.5 Å². The SMILES string of the molecule is C[C@@H]1CN(C(=O)c2cncn2C)CCN1. The zero-order valence-electron chi connectivity index (χ0n) is 9.10. The minimum Gasteiger partial charge on any atom is -0.335 e. The van der Waals surface area contributed by atoms with Crippen molar-refractivity contribution in [3.8, 4) is 0 Å². The molecule has 1 aromatic rings. The van der Waals surface area contributed by atoms with E-state index in [4.69, 9.17) is 0 Å². The molecule has 1 saturated heterocycles. The maximum atomic E-state index is 12.1. The number of nitrogens with zero attached hydrogens (tertiary/aromatic N) is 3. The van der Waals surface area contributed by atoms with Crippen molar-refractivity contribution in [1.82, 2.24) is 19.8 Å². The normalized spacial score (nSPS) is 21.7. The van der Waals surface area contributed by atoms with Crippen molar-refractivity contribution >= 4 is 5.91 Å². The van der Waals surface area contributed by atoms with Gasteiger partial charge < -0.3 is 14.8 Å². The number of aryl methyl sites for hydroxylation is 1. The fraction of sp³-hybridized carbons (Fsp3) is 0.600. The molecule has 2 heterocycles. The molecule has 1 amide bonds. The van der Waals surface area contributed by atoms with Gasteiger partial charge in [-0.3, -0.25) is 4.79 Å². The van der Waals surface area contributed by atoms with E-state index in [9.17, 15) is 4.79 Å². The van der Waals surface area contributed by atoms with E-state index in [0.29, 0.717) is 11.7 Å². The Hall–Kier alpha value is -1.36. The van der Waals surface area contributed by atoms with E-state index in [0.717, 1.165) is 19.6 Å². The Bertz CT molecular complexity index is 360. The molecule has 82 valence electrons. The highest BCUT2D eigenvalue weighted by atomic mass is 16.2. The zero-order chi connectivity index (χ0) is 10.8. The summed E-state index contributed by atoms with van der Waals surface area (Å²) in [6.07, 6.45) is 3.27. The molecule has 0 unspecified atom stereocenters. The number of aromatic nitrogens is 2. The van der Waals surface area contributed by atoms with E-state index in [1.165, 1.54) is 0 Å². The molecule has 1 aliphatic heterocycles.